The van der Waals surface area contributed by atoms with Crippen molar-refractivity contribution in [2.24, 2.45) is 0 Å². The van der Waals surface area contributed by atoms with Gasteiger partial charge in [-0.25, -0.2) is 0 Å². The van der Waals surface area contributed by atoms with Crippen molar-refractivity contribution in [1.29, 1.82) is 0 Å². The minimum absolute atomic E-state index is 0.313. The van der Waals surface area contributed by atoms with Gasteiger partial charge >= 0.3 is 0 Å². The molecule has 5 aromatic rings. The summed E-state index contributed by atoms with van der Waals surface area (Å²) < 4.78 is 21.9. The monoisotopic (exact) mass is 346 g/mol. The molecule has 8 heteroatoms. The highest BCUT2D eigenvalue weighted by atomic mass is 16.4. The van der Waals surface area contributed by atoms with Crippen molar-refractivity contribution in [2.45, 2.75) is 0 Å². The summed E-state index contributed by atoms with van der Waals surface area (Å²) in [5.74, 6) is 2.38. The number of furan rings is 2. The summed E-state index contributed by atoms with van der Waals surface area (Å²) in [5, 5.41) is 16.1. The molecule has 0 saturated carbocycles. The number of hydrogen-bond acceptors (Lipinski definition) is 8. The van der Waals surface area contributed by atoms with Gasteiger partial charge in [-0.15, -0.1) is 20.4 Å². The van der Waals surface area contributed by atoms with Crippen molar-refractivity contribution in [1.82, 2.24) is 20.4 Å². The van der Waals surface area contributed by atoms with Crippen LogP contribution in [0.1, 0.15) is 0 Å². The molecule has 0 aliphatic heterocycles. The zero-order valence-corrected chi connectivity index (χ0v) is 13.2. The lowest BCUT2D eigenvalue weighted by molar-refractivity contribution is 0.522. The Morgan fingerprint density at radius 1 is 0.538 bits per heavy atom. The molecule has 1 aromatic carbocycles. The zero-order valence-electron chi connectivity index (χ0n) is 13.2. The summed E-state index contributed by atoms with van der Waals surface area (Å²) in [7, 11) is 0. The van der Waals surface area contributed by atoms with Crippen LogP contribution in [0.25, 0.3) is 46.2 Å². The van der Waals surface area contributed by atoms with Crippen molar-refractivity contribution < 1.29 is 17.7 Å². The van der Waals surface area contributed by atoms with E-state index in [9.17, 15) is 0 Å². The molecule has 4 heterocycles. The molecule has 0 unspecified atom stereocenters. The maximum atomic E-state index is 5.67. The minimum atomic E-state index is 0.313. The second-order valence-electron chi connectivity index (χ2n) is 5.36. The molecule has 0 N–H and O–H groups in total. The zero-order chi connectivity index (χ0) is 17.3. The van der Waals surface area contributed by atoms with Gasteiger partial charge in [0.2, 0.25) is 11.8 Å². The Kier molecular flexibility index (Phi) is 3.24. The maximum absolute atomic E-state index is 5.67. The lowest BCUT2D eigenvalue weighted by atomic mass is 10.1. The largest absolute Gasteiger partial charge is 0.459 e. The summed E-state index contributed by atoms with van der Waals surface area (Å²) in [6, 6.07) is 14.4. The Labute approximate surface area is 146 Å². The van der Waals surface area contributed by atoms with Gasteiger partial charge in [-0.1, -0.05) is 6.07 Å². The summed E-state index contributed by atoms with van der Waals surface area (Å²) in [4.78, 5) is 0. The lowest BCUT2D eigenvalue weighted by Gasteiger charge is -1.98. The summed E-state index contributed by atoms with van der Waals surface area (Å²) in [5.41, 5.74) is 1.45. The Bertz CT molecular complexity index is 1050. The van der Waals surface area contributed by atoms with E-state index in [0.717, 1.165) is 11.1 Å². The molecule has 0 aliphatic rings. The van der Waals surface area contributed by atoms with Crippen molar-refractivity contribution >= 4 is 0 Å². The van der Waals surface area contributed by atoms with Crippen LogP contribution in [0, 0.1) is 0 Å². The topological polar surface area (TPSA) is 104 Å². The molecule has 26 heavy (non-hydrogen) atoms. The summed E-state index contributed by atoms with van der Waals surface area (Å²) in [6.07, 6.45) is 3.10. The number of benzene rings is 1. The van der Waals surface area contributed by atoms with E-state index in [-0.39, 0.29) is 0 Å². The molecular weight excluding hydrogens is 336 g/mol. The van der Waals surface area contributed by atoms with E-state index in [0.29, 0.717) is 35.1 Å². The fourth-order valence-corrected chi connectivity index (χ4v) is 2.46. The van der Waals surface area contributed by atoms with Crippen molar-refractivity contribution in [3.8, 4) is 46.2 Å². The van der Waals surface area contributed by atoms with Crippen LogP contribution in [-0.2, 0) is 0 Å². The second kappa shape index (κ2) is 5.85. The van der Waals surface area contributed by atoms with Crippen LogP contribution in [0.15, 0.2) is 78.7 Å². The first-order chi connectivity index (χ1) is 12.9. The third kappa shape index (κ3) is 2.49. The van der Waals surface area contributed by atoms with Gasteiger partial charge in [0, 0.05) is 11.1 Å². The van der Waals surface area contributed by atoms with Gasteiger partial charge in [-0.3, -0.25) is 0 Å². The predicted octanol–water partition coefficient (Wildman–Crippen LogP) is 4.31. The number of rotatable bonds is 4. The highest BCUT2D eigenvalue weighted by Crippen LogP contribution is 2.29. The van der Waals surface area contributed by atoms with Crippen LogP contribution in [0.3, 0.4) is 0 Å². The van der Waals surface area contributed by atoms with Crippen LogP contribution in [0.5, 0.6) is 0 Å². The predicted molar refractivity (Wildman–Crippen MR) is 88.4 cm³/mol. The number of aromatic nitrogens is 4. The SMILES string of the molecule is c1cc(-c2nnc(-c3ccco3)o2)cc(-c2nnc(-c3ccco3)o2)c1. The van der Waals surface area contributed by atoms with Gasteiger partial charge in [0.05, 0.1) is 12.5 Å². The molecule has 0 spiro atoms. The lowest BCUT2D eigenvalue weighted by Crippen LogP contribution is -1.82. The van der Waals surface area contributed by atoms with Crippen LogP contribution < -0.4 is 0 Å². The quantitative estimate of drug-likeness (QED) is 0.474. The highest BCUT2D eigenvalue weighted by molar-refractivity contribution is 5.65. The van der Waals surface area contributed by atoms with Crippen molar-refractivity contribution in [2.75, 3.05) is 0 Å². The Morgan fingerprint density at radius 2 is 1.04 bits per heavy atom. The van der Waals surface area contributed by atoms with Gasteiger partial charge in [-0.2, -0.15) is 0 Å². The number of nitrogens with zero attached hydrogens (tertiary/aromatic N) is 4. The Balaban J connectivity index is 1.48. The molecule has 0 atom stereocenters. The Hall–Kier alpha value is -3.94. The standard InChI is InChI=1S/C18H10N4O4/c1-4-11(15-19-21-17(25-15)13-6-2-8-23-13)10-12(5-1)16-20-22-18(26-16)14-7-3-9-24-14/h1-10H. The molecule has 8 nitrogen and oxygen atoms in total. The average Bonchev–Trinajstić information content (AvgIpc) is 3.49. The first kappa shape index (κ1) is 14.4. The second-order valence-corrected chi connectivity index (χ2v) is 5.36. The fourth-order valence-electron chi connectivity index (χ4n) is 2.46. The molecule has 0 radical (unpaired) electrons. The molecule has 126 valence electrons. The normalized spacial score (nSPS) is 11.1. The molecule has 0 bridgehead atoms. The van der Waals surface area contributed by atoms with Gasteiger partial charge in [0.25, 0.3) is 11.8 Å². The first-order valence-corrected chi connectivity index (χ1v) is 7.72. The van der Waals surface area contributed by atoms with E-state index in [2.05, 4.69) is 20.4 Å². The molecule has 0 fully saturated rings. The summed E-state index contributed by atoms with van der Waals surface area (Å²) >= 11 is 0. The third-order valence-electron chi connectivity index (χ3n) is 3.67. The van der Waals surface area contributed by atoms with Gasteiger partial charge < -0.3 is 17.7 Å². The molecular formula is C18H10N4O4. The number of hydrogen-bond donors (Lipinski definition) is 0. The molecule has 0 aliphatic carbocycles. The van der Waals surface area contributed by atoms with Crippen LogP contribution in [0.2, 0.25) is 0 Å². The van der Waals surface area contributed by atoms with Crippen LogP contribution in [-0.4, -0.2) is 20.4 Å². The Morgan fingerprint density at radius 3 is 1.50 bits per heavy atom. The van der Waals surface area contributed by atoms with Crippen LogP contribution >= 0.6 is 0 Å². The highest BCUT2D eigenvalue weighted by Gasteiger charge is 2.16. The third-order valence-corrected chi connectivity index (χ3v) is 3.67. The van der Waals surface area contributed by atoms with Crippen LogP contribution in [0.4, 0.5) is 0 Å². The van der Waals surface area contributed by atoms with E-state index in [1.54, 1.807) is 36.8 Å². The molecule has 0 amide bonds. The van der Waals surface area contributed by atoms with Crippen molar-refractivity contribution in [3.63, 3.8) is 0 Å². The van der Waals surface area contributed by atoms with E-state index >= 15 is 0 Å². The first-order valence-electron chi connectivity index (χ1n) is 7.72. The van der Waals surface area contributed by atoms with Gasteiger partial charge in [-0.05, 0) is 42.5 Å². The maximum Gasteiger partial charge on any atom is 0.283 e. The van der Waals surface area contributed by atoms with Gasteiger partial charge in [0.1, 0.15) is 0 Å². The fraction of sp³-hybridized carbons (Fsp3) is 0. The van der Waals surface area contributed by atoms with E-state index in [1.807, 2.05) is 24.3 Å². The molecule has 4 aromatic heterocycles. The van der Waals surface area contributed by atoms with E-state index in [1.165, 1.54) is 0 Å². The molecule has 5 rings (SSSR count). The summed E-state index contributed by atoms with van der Waals surface area (Å²) in [6.45, 7) is 0. The average molecular weight is 346 g/mol. The van der Waals surface area contributed by atoms with Gasteiger partial charge in [0.15, 0.2) is 11.5 Å². The van der Waals surface area contributed by atoms with E-state index < -0.39 is 0 Å². The molecule has 0 saturated heterocycles. The minimum Gasteiger partial charge on any atom is -0.459 e. The van der Waals surface area contributed by atoms with Crippen molar-refractivity contribution in [3.05, 3.63) is 61.1 Å². The smallest absolute Gasteiger partial charge is 0.283 e. The van der Waals surface area contributed by atoms with E-state index in [4.69, 9.17) is 17.7 Å².